The van der Waals surface area contributed by atoms with Crippen LogP contribution in [0.5, 0.6) is 0 Å². The summed E-state index contributed by atoms with van der Waals surface area (Å²) in [4.78, 5) is 13.5. The van der Waals surface area contributed by atoms with Gasteiger partial charge in [-0.25, -0.2) is 8.42 Å². The second-order valence-electron chi connectivity index (χ2n) is 6.29. The summed E-state index contributed by atoms with van der Waals surface area (Å²) in [5, 5.41) is -0.361. The highest BCUT2D eigenvalue weighted by Gasteiger charge is 2.35. The number of benzene rings is 2. The number of fused-ring (bicyclic) bond motifs is 2. The molecule has 9 heteroatoms. The smallest absolute Gasteiger partial charge is 0.322 e. The van der Waals surface area contributed by atoms with Gasteiger partial charge in [-0.3, -0.25) is 4.79 Å². The van der Waals surface area contributed by atoms with Gasteiger partial charge < -0.3 is 4.98 Å². The van der Waals surface area contributed by atoms with Crippen molar-refractivity contribution in [1.29, 1.82) is 0 Å². The lowest BCUT2D eigenvalue weighted by atomic mass is 10.1. The van der Waals surface area contributed by atoms with Crippen LogP contribution in [0.1, 0.15) is 16.7 Å². The van der Waals surface area contributed by atoms with Gasteiger partial charge in [0.25, 0.3) is 0 Å². The Morgan fingerprint density at radius 3 is 2.19 bits per heavy atom. The zero-order valence-corrected chi connectivity index (χ0v) is 14.6. The number of alkyl halides is 3. The Kier molecular flexibility index (Phi) is 3.90. The molecule has 0 spiro atoms. The van der Waals surface area contributed by atoms with E-state index in [0.717, 1.165) is 17.2 Å². The highest BCUT2D eigenvalue weighted by atomic mass is 32.2. The van der Waals surface area contributed by atoms with Crippen molar-refractivity contribution in [2.45, 2.75) is 24.2 Å². The number of sulfonamides is 1. The van der Waals surface area contributed by atoms with Crippen molar-refractivity contribution in [3.63, 3.8) is 0 Å². The molecule has 1 aromatic heterocycles. The predicted octanol–water partition coefficient (Wildman–Crippen LogP) is 3.25. The van der Waals surface area contributed by atoms with E-state index in [-0.39, 0.29) is 28.9 Å². The minimum Gasteiger partial charge on any atom is -0.322 e. The van der Waals surface area contributed by atoms with Gasteiger partial charge in [-0.05, 0) is 29.3 Å². The summed E-state index contributed by atoms with van der Waals surface area (Å²) in [7, 11) is -4.00. The van der Waals surface area contributed by atoms with Crippen LogP contribution in [0.2, 0.25) is 0 Å². The largest absolute Gasteiger partial charge is 0.417 e. The topological polar surface area (TPSA) is 70.2 Å². The van der Waals surface area contributed by atoms with Crippen molar-refractivity contribution in [3.05, 3.63) is 75.6 Å². The second-order valence-corrected chi connectivity index (χ2v) is 8.23. The molecule has 0 atom stereocenters. The average Bonchev–Trinajstić information content (AvgIpc) is 3.04. The lowest BCUT2D eigenvalue weighted by Gasteiger charge is -2.17. The number of hydrogen-bond donors (Lipinski definition) is 1. The van der Waals surface area contributed by atoms with E-state index < -0.39 is 27.3 Å². The van der Waals surface area contributed by atoms with Crippen LogP contribution in [-0.4, -0.2) is 17.7 Å². The normalized spacial score (nSPS) is 15.2. The fraction of sp³-hybridized carbons (Fsp3) is 0.167. The molecule has 3 aromatic rings. The van der Waals surface area contributed by atoms with Gasteiger partial charge in [0.2, 0.25) is 15.6 Å². The summed E-state index contributed by atoms with van der Waals surface area (Å²) in [6.45, 7) is 0.322. The van der Waals surface area contributed by atoms with Crippen LogP contribution < -0.4 is 5.56 Å². The zero-order chi connectivity index (χ0) is 19.4. The van der Waals surface area contributed by atoms with Gasteiger partial charge in [0.05, 0.1) is 10.5 Å². The molecule has 0 unspecified atom stereocenters. The van der Waals surface area contributed by atoms with Crippen molar-refractivity contribution < 1.29 is 21.6 Å². The summed E-state index contributed by atoms with van der Waals surface area (Å²) in [6.07, 6.45) is -4.78. The molecule has 1 N–H and O–H groups in total. The van der Waals surface area contributed by atoms with E-state index in [1.165, 1.54) is 16.4 Å². The number of hydrogen-bond acceptors (Lipinski definition) is 3. The SMILES string of the molecule is O=c1cc(C(F)(F)F)c2cc(S(=O)(=O)N3Cc4ccccc4C3)ccc2[nH]1. The Morgan fingerprint density at radius 1 is 0.963 bits per heavy atom. The van der Waals surface area contributed by atoms with Gasteiger partial charge in [0.1, 0.15) is 0 Å². The quantitative estimate of drug-likeness (QED) is 0.725. The third kappa shape index (κ3) is 3.02. The van der Waals surface area contributed by atoms with E-state index in [1.54, 1.807) is 12.1 Å². The molecule has 2 aromatic carbocycles. The molecule has 0 bridgehead atoms. The van der Waals surface area contributed by atoms with Crippen LogP contribution in [0.15, 0.2) is 58.2 Å². The molecule has 140 valence electrons. The summed E-state index contributed by atoms with van der Waals surface area (Å²) in [6, 6.07) is 11.0. The Labute approximate surface area is 152 Å². The van der Waals surface area contributed by atoms with Crippen LogP contribution in [0.25, 0.3) is 10.9 Å². The molecule has 0 fully saturated rings. The van der Waals surface area contributed by atoms with Crippen molar-refractivity contribution in [2.75, 3.05) is 0 Å². The number of aromatic amines is 1. The van der Waals surface area contributed by atoms with Crippen molar-refractivity contribution in [3.8, 4) is 0 Å². The standard InChI is InChI=1S/C18H13F3N2O3S/c19-18(20,21)15-8-17(24)22-16-6-5-13(7-14(15)16)27(25,26)23-9-11-3-1-2-4-12(11)10-23/h1-8H,9-10H2,(H,22,24). The first-order chi connectivity index (χ1) is 12.7. The van der Waals surface area contributed by atoms with E-state index in [4.69, 9.17) is 0 Å². The van der Waals surface area contributed by atoms with Gasteiger partial charge >= 0.3 is 6.18 Å². The third-order valence-corrected chi connectivity index (χ3v) is 6.36. The van der Waals surface area contributed by atoms with Gasteiger partial charge in [-0.15, -0.1) is 0 Å². The second kappa shape index (κ2) is 5.93. The first kappa shape index (κ1) is 17.7. The van der Waals surface area contributed by atoms with Crippen LogP contribution in [-0.2, 0) is 29.3 Å². The molecule has 1 aliphatic heterocycles. The van der Waals surface area contributed by atoms with E-state index in [2.05, 4.69) is 4.98 Å². The summed E-state index contributed by atoms with van der Waals surface area (Å²) >= 11 is 0. The highest BCUT2D eigenvalue weighted by Crippen LogP contribution is 2.35. The maximum atomic E-state index is 13.3. The van der Waals surface area contributed by atoms with Crippen molar-refractivity contribution in [1.82, 2.24) is 9.29 Å². The molecule has 1 aliphatic rings. The van der Waals surface area contributed by atoms with E-state index in [9.17, 15) is 26.4 Å². The lowest BCUT2D eigenvalue weighted by Crippen LogP contribution is -2.25. The third-order valence-electron chi connectivity index (χ3n) is 4.57. The molecule has 0 amide bonds. The molecular formula is C18H13F3N2O3S. The van der Waals surface area contributed by atoms with Crippen LogP contribution in [0, 0.1) is 0 Å². The number of pyridine rings is 1. The Hall–Kier alpha value is -2.65. The van der Waals surface area contributed by atoms with E-state index >= 15 is 0 Å². The van der Waals surface area contributed by atoms with Crippen molar-refractivity contribution >= 4 is 20.9 Å². The van der Waals surface area contributed by atoms with Crippen LogP contribution in [0.3, 0.4) is 0 Å². The van der Waals surface area contributed by atoms with Gasteiger partial charge in [-0.1, -0.05) is 24.3 Å². The molecule has 0 radical (unpaired) electrons. The van der Waals surface area contributed by atoms with Gasteiger partial charge in [0.15, 0.2) is 0 Å². The fourth-order valence-corrected chi connectivity index (χ4v) is 4.67. The molecule has 2 heterocycles. The maximum absolute atomic E-state index is 13.3. The van der Waals surface area contributed by atoms with Crippen LogP contribution in [0.4, 0.5) is 13.2 Å². The Bertz CT molecular complexity index is 1190. The van der Waals surface area contributed by atoms with E-state index in [0.29, 0.717) is 6.07 Å². The maximum Gasteiger partial charge on any atom is 0.417 e. The number of nitrogens with one attached hydrogen (secondary N) is 1. The van der Waals surface area contributed by atoms with Crippen molar-refractivity contribution in [2.24, 2.45) is 0 Å². The van der Waals surface area contributed by atoms with E-state index in [1.807, 2.05) is 12.1 Å². The summed E-state index contributed by atoms with van der Waals surface area (Å²) in [5.41, 5.74) is -0.411. The first-order valence-corrected chi connectivity index (χ1v) is 9.41. The molecule has 27 heavy (non-hydrogen) atoms. The highest BCUT2D eigenvalue weighted by molar-refractivity contribution is 7.89. The minimum atomic E-state index is -4.78. The number of H-pyrrole nitrogens is 1. The predicted molar refractivity (Wildman–Crippen MR) is 92.4 cm³/mol. The number of nitrogens with zero attached hydrogens (tertiary/aromatic N) is 1. The molecule has 0 aliphatic carbocycles. The molecule has 4 rings (SSSR count). The first-order valence-electron chi connectivity index (χ1n) is 7.97. The number of rotatable bonds is 2. The fourth-order valence-electron chi connectivity index (χ4n) is 3.25. The summed E-state index contributed by atoms with van der Waals surface area (Å²) in [5.74, 6) is 0. The molecule has 5 nitrogen and oxygen atoms in total. The Balaban J connectivity index is 1.83. The number of aromatic nitrogens is 1. The zero-order valence-electron chi connectivity index (χ0n) is 13.7. The summed E-state index contributed by atoms with van der Waals surface area (Å²) < 4.78 is 67.0. The lowest BCUT2D eigenvalue weighted by molar-refractivity contribution is -0.136. The monoisotopic (exact) mass is 394 g/mol. The molecule has 0 saturated heterocycles. The molecular weight excluding hydrogens is 381 g/mol. The molecule has 0 saturated carbocycles. The van der Waals surface area contributed by atoms with Gasteiger partial charge in [0, 0.05) is 30.1 Å². The van der Waals surface area contributed by atoms with Crippen LogP contribution >= 0.6 is 0 Å². The average molecular weight is 394 g/mol. The minimum absolute atomic E-state index is 0.0708. The number of halogens is 3. The Morgan fingerprint density at radius 2 is 1.59 bits per heavy atom. The van der Waals surface area contributed by atoms with Gasteiger partial charge in [-0.2, -0.15) is 17.5 Å².